The number of carboxylic acid groups (broad SMARTS) is 1. The van der Waals surface area contributed by atoms with Gasteiger partial charge < -0.3 is 25.2 Å². The maximum absolute atomic E-state index is 12.2. The van der Waals surface area contributed by atoms with Crippen molar-refractivity contribution in [1.29, 1.82) is 0 Å². The molecule has 20 heavy (non-hydrogen) atoms. The first kappa shape index (κ1) is 16.7. The summed E-state index contributed by atoms with van der Waals surface area (Å²) in [7, 11) is 0. The van der Waals surface area contributed by atoms with Crippen LogP contribution < -0.4 is 5.32 Å². The van der Waals surface area contributed by atoms with Crippen LogP contribution in [0, 0.1) is 5.92 Å². The second-order valence-corrected chi connectivity index (χ2v) is 5.31. The Hall–Kier alpha value is -1.34. The molecular weight excluding hydrogens is 264 g/mol. The Morgan fingerprint density at radius 3 is 2.60 bits per heavy atom. The van der Waals surface area contributed by atoms with Gasteiger partial charge in [-0.3, -0.25) is 0 Å². The summed E-state index contributed by atoms with van der Waals surface area (Å²) in [5.74, 6) is -1.18. The summed E-state index contributed by atoms with van der Waals surface area (Å²) < 4.78 is 5.45. The number of carbonyl (C=O) groups excluding carboxylic acids is 1. The van der Waals surface area contributed by atoms with Crippen molar-refractivity contribution in [3.8, 4) is 0 Å². The van der Waals surface area contributed by atoms with Crippen LogP contribution in [0.15, 0.2) is 0 Å². The molecule has 3 N–H and O–H groups in total. The summed E-state index contributed by atoms with van der Waals surface area (Å²) in [5.41, 5.74) is 0. The van der Waals surface area contributed by atoms with E-state index in [-0.39, 0.29) is 25.2 Å². The Morgan fingerprint density at radius 1 is 1.45 bits per heavy atom. The summed E-state index contributed by atoms with van der Waals surface area (Å²) in [4.78, 5) is 24.9. The predicted molar refractivity (Wildman–Crippen MR) is 72.4 cm³/mol. The zero-order valence-corrected chi connectivity index (χ0v) is 12.2. The van der Waals surface area contributed by atoms with Gasteiger partial charge in [0.2, 0.25) is 0 Å². The van der Waals surface area contributed by atoms with Crippen LogP contribution in [0.25, 0.3) is 0 Å². The summed E-state index contributed by atoms with van der Waals surface area (Å²) in [5, 5.41) is 20.9. The number of carboxylic acids is 1. The molecule has 0 bridgehead atoms. The number of hydrogen-bond acceptors (Lipinski definition) is 4. The molecule has 4 unspecified atom stereocenters. The van der Waals surface area contributed by atoms with E-state index in [2.05, 4.69) is 5.32 Å². The number of amides is 2. The van der Waals surface area contributed by atoms with Crippen LogP contribution in [0.5, 0.6) is 0 Å². The van der Waals surface area contributed by atoms with Crippen molar-refractivity contribution in [2.45, 2.75) is 45.4 Å². The van der Waals surface area contributed by atoms with Gasteiger partial charge in [0.25, 0.3) is 0 Å². The zero-order chi connectivity index (χ0) is 15.3. The van der Waals surface area contributed by atoms with Crippen LogP contribution in [0.3, 0.4) is 0 Å². The number of urea groups is 1. The molecule has 0 aromatic carbocycles. The Bertz CT molecular complexity index is 350. The van der Waals surface area contributed by atoms with E-state index >= 15 is 0 Å². The van der Waals surface area contributed by atoms with Crippen LogP contribution in [0.2, 0.25) is 0 Å². The van der Waals surface area contributed by atoms with Crippen LogP contribution in [-0.2, 0) is 9.53 Å². The van der Waals surface area contributed by atoms with E-state index in [9.17, 15) is 14.7 Å². The first-order valence-electron chi connectivity index (χ1n) is 6.93. The average molecular weight is 288 g/mol. The molecule has 0 radical (unpaired) electrons. The van der Waals surface area contributed by atoms with Gasteiger partial charge in [-0.15, -0.1) is 0 Å². The van der Waals surface area contributed by atoms with Gasteiger partial charge in [0.05, 0.1) is 25.4 Å². The number of morpholine rings is 1. The number of aliphatic hydroxyl groups excluding tert-OH is 1. The molecule has 2 amide bonds. The lowest BCUT2D eigenvalue weighted by Crippen LogP contribution is -2.56. The number of nitrogens with zero attached hydrogens (tertiary/aromatic N) is 1. The number of hydrogen-bond donors (Lipinski definition) is 3. The van der Waals surface area contributed by atoms with Crippen molar-refractivity contribution in [3.63, 3.8) is 0 Å². The fourth-order valence-electron chi connectivity index (χ4n) is 2.22. The highest BCUT2D eigenvalue weighted by molar-refractivity contribution is 5.82. The standard InChI is InChI=1S/C13H24N2O5/c1-4-8(2)11(12(17)18)14-13(19)15-5-9(3)20-10(6-15)7-16/h8-11,16H,4-7H2,1-3H3,(H,14,19)(H,17,18). The third kappa shape index (κ3) is 4.35. The average Bonchev–Trinajstić information content (AvgIpc) is 2.42. The summed E-state index contributed by atoms with van der Waals surface area (Å²) >= 11 is 0. The number of aliphatic carboxylic acids is 1. The van der Waals surface area contributed by atoms with Gasteiger partial charge in [-0.25, -0.2) is 9.59 Å². The molecule has 0 aromatic heterocycles. The van der Waals surface area contributed by atoms with Crippen molar-refractivity contribution in [2.24, 2.45) is 5.92 Å². The minimum atomic E-state index is -1.03. The van der Waals surface area contributed by atoms with E-state index < -0.39 is 24.1 Å². The molecule has 0 saturated carbocycles. The topological polar surface area (TPSA) is 99.1 Å². The van der Waals surface area contributed by atoms with Gasteiger partial charge in [-0.2, -0.15) is 0 Å². The van der Waals surface area contributed by atoms with Gasteiger partial charge in [-0.1, -0.05) is 20.3 Å². The highest BCUT2D eigenvalue weighted by Gasteiger charge is 2.31. The molecule has 1 saturated heterocycles. The lowest BCUT2D eigenvalue weighted by Gasteiger charge is -2.36. The highest BCUT2D eigenvalue weighted by atomic mass is 16.5. The molecule has 0 aliphatic carbocycles. The van der Waals surface area contributed by atoms with Gasteiger partial charge in [-0.05, 0) is 12.8 Å². The summed E-state index contributed by atoms with van der Waals surface area (Å²) in [6, 6.07) is -1.33. The molecule has 1 aliphatic heterocycles. The number of carbonyl (C=O) groups is 2. The van der Waals surface area contributed by atoms with E-state index in [1.54, 1.807) is 6.92 Å². The first-order chi connectivity index (χ1) is 9.38. The maximum atomic E-state index is 12.2. The molecule has 0 aromatic rings. The van der Waals surface area contributed by atoms with Crippen molar-refractivity contribution in [3.05, 3.63) is 0 Å². The Labute approximate surface area is 118 Å². The molecule has 7 heteroatoms. The third-order valence-corrected chi connectivity index (χ3v) is 3.58. The van der Waals surface area contributed by atoms with Gasteiger partial charge in [0, 0.05) is 6.54 Å². The van der Waals surface area contributed by atoms with Crippen molar-refractivity contribution < 1.29 is 24.5 Å². The minimum absolute atomic E-state index is 0.149. The minimum Gasteiger partial charge on any atom is -0.480 e. The number of nitrogens with one attached hydrogen (secondary N) is 1. The van der Waals surface area contributed by atoms with Crippen LogP contribution >= 0.6 is 0 Å². The fraction of sp³-hybridized carbons (Fsp3) is 0.846. The maximum Gasteiger partial charge on any atom is 0.326 e. The first-order valence-corrected chi connectivity index (χ1v) is 6.93. The van der Waals surface area contributed by atoms with Crippen molar-refractivity contribution in [2.75, 3.05) is 19.7 Å². The van der Waals surface area contributed by atoms with Crippen molar-refractivity contribution >= 4 is 12.0 Å². The second kappa shape index (κ2) is 7.44. The van der Waals surface area contributed by atoms with E-state index in [0.29, 0.717) is 13.0 Å². The molecule has 4 atom stereocenters. The lowest BCUT2D eigenvalue weighted by molar-refractivity contribution is -0.140. The lowest BCUT2D eigenvalue weighted by atomic mass is 9.99. The highest BCUT2D eigenvalue weighted by Crippen LogP contribution is 2.13. The predicted octanol–water partition coefficient (Wildman–Crippen LogP) is 0.277. The summed E-state index contributed by atoms with van der Waals surface area (Å²) in [6.45, 7) is 5.96. The van der Waals surface area contributed by atoms with Gasteiger partial charge in [0.15, 0.2) is 0 Å². The van der Waals surface area contributed by atoms with Crippen LogP contribution in [0.1, 0.15) is 27.2 Å². The quantitative estimate of drug-likeness (QED) is 0.674. The van der Waals surface area contributed by atoms with Gasteiger partial charge >= 0.3 is 12.0 Å². The molecule has 116 valence electrons. The largest absolute Gasteiger partial charge is 0.480 e. The smallest absolute Gasteiger partial charge is 0.326 e. The number of aliphatic hydroxyl groups is 1. The fourth-order valence-corrected chi connectivity index (χ4v) is 2.22. The van der Waals surface area contributed by atoms with Crippen molar-refractivity contribution in [1.82, 2.24) is 10.2 Å². The Kier molecular flexibility index (Phi) is 6.22. The summed E-state index contributed by atoms with van der Waals surface area (Å²) in [6.07, 6.45) is 0.0608. The molecule has 1 rings (SSSR count). The van der Waals surface area contributed by atoms with E-state index in [0.717, 1.165) is 0 Å². The molecule has 1 heterocycles. The SMILES string of the molecule is CCC(C)C(NC(=O)N1CC(C)OC(CO)C1)C(=O)O. The second-order valence-electron chi connectivity index (χ2n) is 5.31. The Balaban J connectivity index is 2.66. The number of rotatable bonds is 5. The Morgan fingerprint density at radius 2 is 2.10 bits per heavy atom. The zero-order valence-electron chi connectivity index (χ0n) is 12.2. The molecule has 0 spiro atoms. The molecule has 1 aliphatic rings. The monoisotopic (exact) mass is 288 g/mol. The molecule has 7 nitrogen and oxygen atoms in total. The van der Waals surface area contributed by atoms with Crippen LogP contribution in [0.4, 0.5) is 4.79 Å². The van der Waals surface area contributed by atoms with E-state index in [4.69, 9.17) is 9.84 Å². The molecular formula is C13H24N2O5. The van der Waals surface area contributed by atoms with E-state index in [1.165, 1.54) is 4.90 Å². The van der Waals surface area contributed by atoms with Gasteiger partial charge in [0.1, 0.15) is 6.04 Å². The normalized spacial score (nSPS) is 25.9. The van der Waals surface area contributed by atoms with E-state index in [1.807, 2.05) is 13.8 Å². The van der Waals surface area contributed by atoms with Crippen LogP contribution in [-0.4, -0.2) is 65.1 Å². The third-order valence-electron chi connectivity index (χ3n) is 3.58. The molecule has 1 fully saturated rings. The number of ether oxygens (including phenoxy) is 1.